The summed E-state index contributed by atoms with van der Waals surface area (Å²) >= 11 is 0. The maximum atomic E-state index is 12.3. The molecule has 1 aromatic carbocycles. The van der Waals surface area contributed by atoms with Crippen molar-refractivity contribution in [3.05, 3.63) is 35.4 Å². The van der Waals surface area contributed by atoms with Crippen molar-refractivity contribution in [1.29, 1.82) is 0 Å². The molecular weight excluding hydrogens is 286 g/mol. The smallest absolute Gasteiger partial charge is 0.251 e. The van der Waals surface area contributed by atoms with E-state index in [1.165, 1.54) is 24.8 Å². The third-order valence-electron chi connectivity index (χ3n) is 5.16. The van der Waals surface area contributed by atoms with Crippen LogP contribution in [0.5, 0.6) is 0 Å². The van der Waals surface area contributed by atoms with Crippen LogP contribution >= 0.6 is 0 Å². The van der Waals surface area contributed by atoms with E-state index in [4.69, 9.17) is 0 Å². The lowest BCUT2D eigenvalue weighted by molar-refractivity contribution is 0.0927. The zero-order chi connectivity index (χ0) is 16.1. The molecule has 1 saturated heterocycles. The lowest BCUT2D eigenvalue weighted by Crippen LogP contribution is -2.43. The van der Waals surface area contributed by atoms with Crippen LogP contribution in [0.2, 0.25) is 0 Å². The van der Waals surface area contributed by atoms with Crippen molar-refractivity contribution in [3.8, 4) is 0 Å². The summed E-state index contributed by atoms with van der Waals surface area (Å²) in [6.07, 6.45) is 6.07. The lowest BCUT2D eigenvalue weighted by Gasteiger charge is -2.32. The highest BCUT2D eigenvalue weighted by atomic mass is 16.1. The molecule has 1 aliphatic carbocycles. The zero-order valence-electron chi connectivity index (χ0n) is 14.3. The fourth-order valence-electron chi connectivity index (χ4n) is 3.54. The van der Waals surface area contributed by atoms with E-state index in [0.717, 1.165) is 51.1 Å². The Morgan fingerprint density at radius 2 is 1.70 bits per heavy atom. The summed E-state index contributed by atoms with van der Waals surface area (Å²) in [5.74, 6) is 0.0862. The van der Waals surface area contributed by atoms with Gasteiger partial charge in [-0.15, -0.1) is 0 Å². The molecule has 0 aromatic heterocycles. The van der Waals surface area contributed by atoms with Gasteiger partial charge in [0.2, 0.25) is 0 Å². The number of benzene rings is 1. The molecular formula is C19H29N3O. The topological polar surface area (TPSA) is 35.6 Å². The van der Waals surface area contributed by atoms with Crippen LogP contribution < -0.4 is 5.32 Å². The van der Waals surface area contributed by atoms with Gasteiger partial charge in [0.25, 0.3) is 5.91 Å². The van der Waals surface area contributed by atoms with Gasteiger partial charge in [0.15, 0.2) is 0 Å². The van der Waals surface area contributed by atoms with Crippen molar-refractivity contribution in [3.63, 3.8) is 0 Å². The number of carbonyl (C=O) groups is 1. The van der Waals surface area contributed by atoms with Crippen LogP contribution in [0.4, 0.5) is 0 Å². The molecule has 2 fully saturated rings. The van der Waals surface area contributed by atoms with Crippen molar-refractivity contribution in [2.75, 3.05) is 33.2 Å². The molecule has 0 unspecified atom stereocenters. The Morgan fingerprint density at radius 1 is 1.04 bits per heavy atom. The summed E-state index contributed by atoms with van der Waals surface area (Å²) in [6.45, 7) is 5.52. The summed E-state index contributed by atoms with van der Waals surface area (Å²) in [6, 6.07) is 8.54. The zero-order valence-corrected chi connectivity index (χ0v) is 14.3. The highest BCUT2D eigenvalue weighted by Gasteiger charge is 2.17. The Bertz CT molecular complexity index is 500. The molecule has 1 saturated carbocycles. The van der Waals surface area contributed by atoms with E-state index < -0.39 is 0 Å². The molecule has 1 heterocycles. The quantitative estimate of drug-likeness (QED) is 0.927. The second kappa shape index (κ2) is 7.93. The molecule has 126 valence electrons. The second-order valence-corrected chi connectivity index (χ2v) is 7.08. The standard InChI is InChI=1S/C19H29N3O/c1-21-11-13-22(14-12-21)15-16-7-9-17(10-8-16)19(23)20-18-5-3-2-4-6-18/h7-10,18H,2-6,11-15H2,1H3,(H,20,23). The van der Waals surface area contributed by atoms with Crippen molar-refractivity contribution in [2.24, 2.45) is 0 Å². The first-order chi connectivity index (χ1) is 11.2. The van der Waals surface area contributed by atoms with Gasteiger partial charge >= 0.3 is 0 Å². The van der Waals surface area contributed by atoms with Gasteiger partial charge in [-0.2, -0.15) is 0 Å². The van der Waals surface area contributed by atoms with Gasteiger partial charge in [0.05, 0.1) is 0 Å². The highest BCUT2D eigenvalue weighted by Crippen LogP contribution is 2.18. The van der Waals surface area contributed by atoms with E-state index in [9.17, 15) is 4.79 Å². The van der Waals surface area contributed by atoms with Crippen LogP contribution in [-0.2, 0) is 6.54 Å². The number of hydrogen-bond acceptors (Lipinski definition) is 3. The fraction of sp³-hybridized carbons (Fsp3) is 0.632. The minimum absolute atomic E-state index is 0.0862. The summed E-state index contributed by atoms with van der Waals surface area (Å²) in [5.41, 5.74) is 2.08. The van der Waals surface area contributed by atoms with Gasteiger partial charge in [0.1, 0.15) is 0 Å². The molecule has 1 amide bonds. The van der Waals surface area contributed by atoms with E-state index in [-0.39, 0.29) is 5.91 Å². The van der Waals surface area contributed by atoms with Crippen LogP contribution in [0.1, 0.15) is 48.0 Å². The number of piperazine rings is 1. The molecule has 0 atom stereocenters. The molecule has 1 aromatic rings. The minimum Gasteiger partial charge on any atom is -0.349 e. The van der Waals surface area contributed by atoms with Crippen molar-refractivity contribution in [1.82, 2.24) is 15.1 Å². The monoisotopic (exact) mass is 315 g/mol. The van der Waals surface area contributed by atoms with Crippen molar-refractivity contribution < 1.29 is 4.79 Å². The van der Waals surface area contributed by atoms with Gasteiger partial charge in [-0.3, -0.25) is 9.69 Å². The number of carbonyl (C=O) groups excluding carboxylic acids is 1. The van der Waals surface area contributed by atoms with Gasteiger partial charge < -0.3 is 10.2 Å². The maximum absolute atomic E-state index is 12.3. The van der Waals surface area contributed by atoms with Gasteiger partial charge in [-0.25, -0.2) is 0 Å². The lowest BCUT2D eigenvalue weighted by atomic mass is 9.95. The van der Waals surface area contributed by atoms with Crippen LogP contribution in [-0.4, -0.2) is 55.0 Å². The molecule has 3 rings (SSSR count). The second-order valence-electron chi connectivity index (χ2n) is 7.08. The maximum Gasteiger partial charge on any atom is 0.251 e. The van der Waals surface area contributed by atoms with Crippen molar-refractivity contribution >= 4 is 5.91 Å². The van der Waals surface area contributed by atoms with Crippen LogP contribution in [0, 0.1) is 0 Å². The molecule has 0 bridgehead atoms. The molecule has 0 radical (unpaired) electrons. The first-order valence-electron chi connectivity index (χ1n) is 9.01. The molecule has 23 heavy (non-hydrogen) atoms. The molecule has 0 spiro atoms. The van der Waals surface area contributed by atoms with E-state index >= 15 is 0 Å². The van der Waals surface area contributed by atoms with Crippen LogP contribution in [0.15, 0.2) is 24.3 Å². The number of nitrogens with zero attached hydrogens (tertiary/aromatic N) is 2. The minimum atomic E-state index is 0.0862. The van der Waals surface area contributed by atoms with Crippen LogP contribution in [0.3, 0.4) is 0 Å². The Kier molecular flexibility index (Phi) is 5.68. The number of amides is 1. The number of likely N-dealkylation sites (N-methyl/N-ethyl adjacent to an activating group) is 1. The fourth-order valence-corrected chi connectivity index (χ4v) is 3.54. The Morgan fingerprint density at radius 3 is 2.35 bits per heavy atom. The summed E-state index contributed by atoms with van der Waals surface area (Å²) in [4.78, 5) is 17.2. The predicted octanol–water partition coefficient (Wildman–Crippen LogP) is 2.50. The average Bonchev–Trinajstić information content (AvgIpc) is 2.58. The predicted molar refractivity (Wildman–Crippen MR) is 93.6 cm³/mol. The van der Waals surface area contributed by atoms with E-state index in [1.54, 1.807) is 0 Å². The van der Waals surface area contributed by atoms with E-state index in [2.05, 4.69) is 34.3 Å². The third-order valence-corrected chi connectivity index (χ3v) is 5.16. The molecule has 2 aliphatic rings. The Balaban J connectivity index is 1.51. The average molecular weight is 315 g/mol. The van der Waals surface area contributed by atoms with Gasteiger partial charge in [-0.1, -0.05) is 31.4 Å². The number of nitrogens with one attached hydrogen (secondary N) is 1. The van der Waals surface area contributed by atoms with E-state index in [0.29, 0.717) is 6.04 Å². The summed E-state index contributed by atoms with van der Waals surface area (Å²) in [7, 11) is 2.18. The van der Waals surface area contributed by atoms with Crippen molar-refractivity contribution in [2.45, 2.75) is 44.7 Å². The highest BCUT2D eigenvalue weighted by molar-refractivity contribution is 5.94. The Labute approximate surface area is 139 Å². The largest absolute Gasteiger partial charge is 0.349 e. The SMILES string of the molecule is CN1CCN(Cc2ccc(C(=O)NC3CCCCC3)cc2)CC1. The van der Waals surface area contributed by atoms with Gasteiger partial charge in [-0.05, 0) is 37.6 Å². The number of rotatable bonds is 4. The van der Waals surface area contributed by atoms with Gasteiger partial charge in [0, 0.05) is 44.3 Å². The Hall–Kier alpha value is -1.39. The van der Waals surface area contributed by atoms with Crippen LogP contribution in [0.25, 0.3) is 0 Å². The first-order valence-corrected chi connectivity index (χ1v) is 9.01. The van der Waals surface area contributed by atoms with E-state index in [1.807, 2.05) is 12.1 Å². The summed E-state index contributed by atoms with van der Waals surface area (Å²) < 4.78 is 0. The molecule has 1 aliphatic heterocycles. The summed E-state index contributed by atoms with van der Waals surface area (Å²) in [5, 5.41) is 3.19. The first kappa shape index (κ1) is 16.5. The molecule has 1 N–H and O–H groups in total. The third kappa shape index (κ3) is 4.79. The molecule has 4 nitrogen and oxygen atoms in total. The normalized spacial score (nSPS) is 21.3. The molecule has 4 heteroatoms. The number of hydrogen-bond donors (Lipinski definition) is 1.